The molecule has 31 heavy (non-hydrogen) atoms. The Labute approximate surface area is 183 Å². The molecule has 2 atom stereocenters. The van der Waals surface area contributed by atoms with Gasteiger partial charge in [0, 0.05) is 24.8 Å². The number of rotatable bonds is 7. The predicted octanol–water partition coefficient (Wildman–Crippen LogP) is 4.53. The van der Waals surface area contributed by atoms with Crippen LogP contribution in [0.25, 0.3) is 0 Å². The second-order valence-electron chi connectivity index (χ2n) is 8.19. The lowest BCUT2D eigenvalue weighted by atomic mass is 9.88. The Morgan fingerprint density at radius 2 is 1.84 bits per heavy atom. The van der Waals surface area contributed by atoms with Crippen molar-refractivity contribution in [3.05, 3.63) is 102 Å². The number of carbonyl (C=O) groups excluding carboxylic acids is 1. The highest BCUT2D eigenvalue weighted by Crippen LogP contribution is 2.30. The third kappa shape index (κ3) is 5.76. The van der Waals surface area contributed by atoms with Gasteiger partial charge in [-0.2, -0.15) is 0 Å². The van der Waals surface area contributed by atoms with E-state index in [1.54, 1.807) is 12.3 Å². The number of halogens is 1. The topological polar surface area (TPSA) is 45.2 Å². The van der Waals surface area contributed by atoms with E-state index in [2.05, 4.69) is 15.2 Å². The Hall–Kier alpha value is -3.05. The van der Waals surface area contributed by atoms with Crippen LogP contribution in [-0.4, -0.2) is 28.9 Å². The summed E-state index contributed by atoms with van der Waals surface area (Å²) in [5.74, 6) is 0.0466. The van der Waals surface area contributed by atoms with Crippen molar-refractivity contribution in [1.82, 2.24) is 15.2 Å². The highest BCUT2D eigenvalue weighted by atomic mass is 19.1. The summed E-state index contributed by atoms with van der Waals surface area (Å²) in [6.07, 6.45) is 4.12. The maximum Gasteiger partial charge on any atom is 0.224 e. The molecule has 1 aliphatic heterocycles. The van der Waals surface area contributed by atoms with Gasteiger partial charge in [0.05, 0.1) is 18.2 Å². The summed E-state index contributed by atoms with van der Waals surface area (Å²) in [5, 5.41) is 3.25. The Bertz CT molecular complexity index is 980. The molecule has 1 aromatic heterocycles. The maximum absolute atomic E-state index is 14.2. The van der Waals surface area contributed by atoms with E-state index < -0.39 is 0 Å². The van der Waals surface area contributed by atoms with Crippen molar-refractivity contribution < 1.29 is 9.18 Å². The number of benzene rings is 2. The normalized spacial score (nSPS) is 17.8. The molecular formula is C26H28FN3O. The Balaban J connectivity index is 1.48. The fourth-order valence-corrected chi connectivity index (χ4v) is 4.37. The van der Waals surface area contributed by atoms with Crippen LogP contribution >= 0.6 is 0 Å². The van der Waals surface area contributed by atoms with Crippen LogP contribution in [0.4, 0.5) is 4.39 Å². The molecule has 0 radical (unpaired) electrons. The van der Waals surface area contributed by atoms with Gasteiger partial charge < -0.3 is 5.32 Å². The minimum Gasteiger partial charge on any atom is -0.347 e. The van der Waals surface area contributed by atoms with Crippen molar-refractivity contribution in [2.45, 2.75) is 31.8 Å². The first-order chi connectivity index (χ1) is 15.2. The van der Waals surface area contributed by atoms with Gasteiger partial charge >= 0.3 is 0 Å². The quantitative estimate of drug-likeness (QED) is 0.614. The molecule has 4 rings (SSSR count). The van der Waals surface area contributed by atoms with Gasteiger partial charge in [0.2, 0.25) is 5.91 Å². The summed E-state index contributed by atoms with van der Waals surface area (Å²) in [6, 6.07) is 22.4. The van der Waals surface area contributed by atoms with Crippen LogP contribution in [0, 0.1) is 11.7 Å². The lowest BCUT2D eigenvalue weighted by Crippen LogP contribution is -2.43. The van der Waals surface area contributed by atoms with Crippen molar-refractivity contribution in [2.24, 2.45) is 5.92 Å². The van der Waals surface area contributed by atoms with E-state index >= 15 is 0 Å². The summed E-state index contributed by atoms with van der Waals surface area (Å²) in [7, 11) is 0. The molecule has 1 aliphatic rings. The van der Waals surface area contributed by atoms with Gasteiger partial charge in [-0.1, -0.05) is 54.6 Å². The summed E-state index contributed by atoms with van der Waals surface area (Å²) in [5.41, 5.74) is 2.58. The van der Waals surface area contributed by atoms with E-state index in [1.807, 2.05) is 60.7 Å². The number of carbonyl (C=O) groups is 1. The van der Waals surface area contributed by atoms with E-state index in [0.29, 0.717) is 18.5 Å². The molecule has 2 aromatic carbocycles. The molecule has 0 unspecified atom stereocenters. The molecule has 0 aliphatic carbocycles. The van der Waals surface area contributed by atoms with Gasteiger partial charge in [-0.3, -0.25) is 14.7 Å². The molecular weight excluding hydrogens is 389 g/mol. The smallest absolute Gasteiger partial charge is 0.224 e. The van der Waals surface area contributed by atoms with Crippen LogP contribution in [0.1, 0.15) is 35.7 Å². The Morgan fingerprint density at radius 1 is 1.06 bits per heavy atom. The Kier molecular flexibility index (Phi) is 7.05. The number of hydrogen-bond donors (Lipinski definition) is 1. The second kappa shape index (κ2) is 10.3. The van der Waals surface area contributed by atoms with Gasteiger partial charge in [0.1, 0.15) is 5.82 Å². The van der Waals surface area contributed by atoms with E-state index in [-0.39, 0.29) is 23.7 Å². The van der Waals surface area contributed by atoms with Crippen LogP contribution in [0.5, 0.6) is 0 Å². The number of piperidine rings is 1. The zero-order valence-electron chi connectivity index (χ0n) is 17.6. The molecule has 0 saturated carbocycles. The Morgan fingerprint density at radius 3 is 2.61 bits per heavy atom. The third-order valence-corrected chi connectivity index (χ3v) is 5.90. The SMILES string of the molecule is O=C(Cc1ccccc1)N[C@H](c1ccccn1)[C@@H]1CCCN(Cc2ccccc2F)C1. The van der Waals surface area contributed by atoms with Gasteiger partial charge in [-0.25, -0.2) is 4.39 Å². The van der Waals surface area contributed by atoms with Crippen LogP contribution in [0.15, 0.2) is 79.0 Å². The van der Waals surface area contributed by atoms with Crippen LogP contribution in [-0.2, 0) is 17.8 Å². The maximum atomic E-state index is 14.2. The van der Waals surface area contributed by atoms with E-state index in [9.17, 15) is 9.18 Å². The lowest BCUT2D eigenvalue weighted by molar-refractivity contribution is -0.121. The van der Waals surface area contributed by atoms with E-state index in [4.69, 9.17) is 0 Å². The van der Waals surface area contributed by atoms with Crippen molar-refractivity contribution in [3.8, 4) is 0 Å². The molecule has 0 bridgehead atoms. The molecule has 1 amide bonds. The molecule has 3 aromatic rings. The third-order valence-electron chi connectivity index (χ3n) is 5.90. The average molecular weight is 418 g/mol. The highest BCUT2D eigenvalue weighted by molar-refractivity contribution is 5.79. The van der Waals surface area contributed by atoms with Crippen molar-refractivity contribution >= 4 is 5.91 Å². The molecule has 0 spiro atoms. The molecule has 4 nitrogen and oxygen atoms in total. The lowest BCUT2D eigenvalue weighted by Gasteiger charge is -2.37. The molecule has 1 fully saturated rings. The molecule has 5 heteroatoms. The van der Waals surface area contributed by atoms with Crippen LogP contribution < -0.4 is 5.32 Å². The number of nitrogens with zero attached hydrogens (tertiary/aromatic N) is 2. The molecule has 2 heterocycles. The summed E-state index contributed by atoms with van der Waals surface area (Å²) < 4.78 is 14.2. The number of hydrogen-bond acceptors (Lipinski definition) is 3. The van der Waals surface area contributed by atoms with E-state index in [0.717, 1.165) is 37.2 Å². The number of nitrogens with one attached hydrogen (secondary N) is 1. The fourth-order valence-electron chi connectivity index (χ4n) is 4.37. The summed E-state index contributed by atoms with van der Waals surface area (Å²) >= 11 is 0. The predicted molar refractivity (Wildman–Crippen MR) is 120 cm³/mol. The zero-order chi connectivity index (χ0) is 21.5. The first-order valence-electron chi connectivity index (χ1n) is 10.9. The summed E-state index contributed by atoms with van der Waals surface area (Å²) in [6.45, 7) is 2.30. The molecule has 160 valence electrons. The first-order valence-corrected chi connectivity index (χ1v) is 10.9. The van der Waals surface area contributed by atoms with Crippen LogP contribution in [0.3, 0.4) is 0 Å². The monoisotopic (exact) mass is 417 g/mol. The van der Waals surface area contributed by atoms with Gasteiger partial charge in [-0.15, -0.1) is 0 Å². The average Bonchev–Trinajstić information content (AvgIpc) is 2.80. The van der Waals surface area contributed by atoms with Crippen molar-refractivity contribution in [1.29, 1.82) is 0 Å². The van der Waals surface area contributed by atoms with Crippen molar-refractivity contribution in [3.63, 3.8) is 0 Å². The fraction of sp³-hybridized carbons (Fsp3) is 0.308. The highest BCUT2D eigenvalue weighted by Gasteiger charge is 2.30. The number of aromatic nitrogens is 1. The summed E-state index contributed by atoms with van der Waals surface area (Å²) in [4.78, 5) is 19.7. The van der Waals surface area contributed by atoms with Gasteiger partial charge in [-0.05, 0) is 49.1 Å². The number of likely N-dealkylation sites (tertiary alicyclic amines) is 1. The molecule has 1 saturated heterocycles. The van der Waals surface area contributed by atoms with Gasteiger partial charge in [0.25, 0.3) is 0 Å². The first kappa shape index (κ1) is 21.2. The zero-order valence-corrected chi connectivity index (χ0v) is 17.6. The number of pyridine rings is 1. The standard InChI is InChI=1S/C26H28FN3O/c27-23-13-5-4-11-21(23)18-30-16-8-12-22(19-30)26(24-14-6-7-15-28-24)29-25(31)17-20-9-2-1-3-10-20/h1-7,9-11,13-15,22,26H,8,12,16-19H2,(H,29,31)/t22-,26+/m1/s1. The van der Waals surface area contributed by atoms with Crippen molar-refractivity contribution in [2.75, 3.05) is 13.1 Å². The number of amides is 1. The van der Waals surface area contributed by atoms with E-state index in [1.165, 1.54) is 6.07 Å². The minimum atomic E-state index is -0.166. The van der Waals surface area contributed by atoms with Crippen LogP contribution in [0.2, 0.25) is 0 Å². The second-order valence-corrected chi connectivity index (χ2v) is 8.19. The molecule has 1 N–H and O–H groups in total. The van der Waals surface area contributed by atoms with Gasteiger partial charge in [0.15, 0.2) is 0 Å². The minimum absolute atomic E-state index is 0.00641. The largest absolute Gasteiger partial charge is 0.347 e.